The zero-order valence-electron chi connectivity index (χ0n) is 8.77. The number of hydrogen-bond donors (Lipinski definition) is 1. The number of para-hydroxylation sites is 1. The van der Waals surface area contributed by atoms with E-state index in [4.69, 9.17) is 5.53 Å². The SMILES string of the molecule is Cc1[nH]c2ccccc2c1C(=O)CN=[N+]=[N-]. The van der Waals surface area contributed by atoms with Crippen molar-refractivity contribution in [3.05, 3.63) is 46.0 Å². The molecule has 1 N–H and O–H groups in total. The Hall–Kier alpha value is -2.26. The third-order valence-electron chi connectivity index (χ3n) is 2.45. The Bertz CT molecular complexity index is 593. The van der Waals surface area contributed by atoms with Crippen LogP contribution in [0.3, 0.4) is 0 Å². The zero-order valence-corrected chi connectivity index (χ0v) is 8.77. The predicted molar refractivity (Wildman–Crippen MR) is 61.4 cm³/mol. The molecule has 0 atom stereocenters. The van der Waals surface area contributed by atoms with Crippen LogP contribution in [0, 0.1) is 6.92 Å². The van der Waals surface area contributed by atoms with Crippen molar-refractivity contribution in [3.63, 3.8) is 0 Å². The minimum Gasteiger partial charge on any atom is -0.358 e. The molecule has 2 aromatic rings. The number of aryl methyl sites for hydroxylation is 1. The highest BCUT2D eigenvalue weighted by Gasteiger charge is 2.14. The number of aromatic amines is 1. The topological polar surface area (TPSA) is 81.6 Å². The summed E-state index contributed by atoms with van der Waals surface area (Å²) >= 11 is 0. The molecule has 0 aliphatic heterocycles. The molecule has 2 rings (SSSR count). The molecule has 80 valence electrons. The van der Waals surface area contributed by atoms with E-state index in [-0.39, 0.29) is 12.3 Å². The highest BCUT2D eigenvalue weighted by atomic mass is 16.1. The summed E-state index contributed by atoms with van der Waals surface area (Å²) in [5.41, 5.74) is 10.5. The number of Topliss-reactive ketones (excluding diaryl/α,β-unsaturated/α-hetero) is 1. The number of nitrogens with zero attached hydrogens (tertiary/aromatic N) is 3. The van der Waals surface area contributed by atoms with Crippen LogP contribution in [0.15, 0.2) is 29.4 Å². The van der Waals surface area contributed by atoms with E-state index in [1.54, 1.807) is 0 Å². The Labute approximate surface area is 91.7 Å². The van der Waals surface area contributed by atoms with Crippen LogP contribution in [0.25, 0.3) is 21.3 Å². The number of carbonyl (C=O) groups excluding carboxylic acids is 1. The summed E-state index contributed by atoms with van der Waals surface area (Å²) in [7, 11) is 0. The number of azide groups is 1. The number of aromatic nitrogens is 1. The first-order valence-electron chi connectivity index (χ1n) is 4.85. The quantitative estimate of drug-likeness (QED) is 0.362. The average Bonchev–Trinajstić information content (AvgIpc) is 2.62. The summed E-state index contributed by atoms with van der Waals surface area (Å²) in [5, 5.41) is 4.17. The monoisotopic (exact) mass is 214 g/mol. The number of hydrogen-bond acceptors (Lipinski definition) is 2. The fraction of sp³-hybridized carbons (Fsp3) is 0.182. The Morgan fingerprint density at radius 2 is 2.25 bits per heavy atom. The van der Waals surface area contributed by atoms with Crippen molar-refractivity contribution >= 4 is 16.7 Å². The standard InChI is InChI=1S/C11H10N4O/c1-7-11(10(16)6-13-15-12)8-4-2-3-5-9(8)14-7/h2-5,14H,6H2,1H3. The van der Waals surface area contributed by atoms with Crippen LogP contribution < -0.4 is 0 Å². The van der Waals surface area contributed by atoms with Crippen molar-refractivity contribution in [1.29, 1.82) is 0 Å². The van der Waals surface area contributed by atoms with Gasteiger partial charge < -0.3 is 4.98 Å². The van der Waals surface area contributed by atoms with Crippen LogP contribution in [0.2, 0.25) is 0 Å². The average molecular weight is 214 g/mol. The summed E-state index contributed by atoms with van der Waals surface area (Å²) in [4.78, 5) is 17.5. The molecule has 0 bridgehead atoms. The van der Waals surface area contributed by atoms with Crippen molar-refractivity contribution in [3.8, 4) is 0 Å². The van der Waals surface area contributed by atoms with E-state index in [0.717, 1.165) is 16.6 Å². The molecular formula is C11H10N4O. The Kier molecular flexibility index (Phi) is 2.62. The van der Waals surface area contributed by atoms with Gasteiger partial charge in [-0.25, -0.2) is 0 Å². The number of nitrogens with one attached hydrogen (secondary N) is 1. The van der Waals surface area contributed by atoms with Gasteiger partial charge in [0.15, 0.2) is 5.78 Å². The maximum atomic E-state index is 11.8. The van der Waals surface area contributed by atoms with Crippen LogP contribution in [0.1, 0.15) is 16.1 Å². The molecule has 1 heterocycles. The second-order valence-electron chi connectivity index (χ2n) is 3.48. The number of carbonyl (C=O) groups is 1. The predicted octanol–water partition coefficient (Wildman–Crippen LogP) is 2.97. The van der Waals surface area contributed by atoms with Crippen molar-refractivity contribution in [2.75, 3.05) is 6.54 Å². The molecule has 0 spiro atoms. The molecule has 0 aliphatic carbocycles. The van der Waals surface area contributed by atoms with Gasteiger partial charge in [0.25, 0.3) is 0 Å². The van der Waals surface area contributed by atoms with Crippen molar-refractivity contribution in [1.82, 2.24) is 4.98 Å². The number of ketones is 1. The molecule has 0 saturated carbocycles. The minimum absolute atomic E-state index is 0.140. The summed E-state index contributed by atoms with van der Waals surface area (Å²) in [6.07, 6.45) is 0. The first-order valence-corrected chi connectivity index (χ1v) is 4.85. The molecule has 0 unspecified atom stereocenters. The first-order chi connectivity index (χ1) is 7.74. The lowest BCUT2D eigenvalue weighted by molar-refractivity contribution is 0.100. The Morgan fingerprint density at radius 1 is 1.50 bits per heavy atom. The van der Waals surface area contributed by atoms with Gasteiger partial charge >= 0.3 is 0 Å². The highest BCUT2D eigenvalue weighted by molar-refractivity contribution is 6.10. The number of H-pyrrole nitrogens is 1. The zero-order chi connectivity index (χ0) is 11.5. The van der Waals surface area contributed by atoms with Crippen LogP contribution in [-0.2, 0) is 0 Å². The first kappa shape index (κ1) is 10.3. The van der Waals surface area contributed by atoms with E-state index in [1.807, 2.05) is 31.2 Å². The molecule has 0 amide bonds. The molecule has 0 radical (unpaired) electrons. The van der Waals surface area contributed by atoms with Gasteiger partial charge in [-0.2, -0.15) is 0 Å². The molecule has 0 saturated heterocycles. The van der Waals surface area contributed by atoms with E-state index in [2.05, 4.69) is 15.0 Å². The second kappa shape index (κ2) is 4.08. The van der Waals surface area contributed by atoms with Gasteiger partial charge in [0.05, 0.1) is 6.54 Å². The van der Waals surface area contributed by atoms with Gasteiger partial charge in [0.1, 0.15) is 0 Å². The summed E-state index contributed by atoms with van der Waals surface area (Å²) in [6, 6.07) is 7.56. The largest absolute Gasteiger partial charge is 0.358 e. The van der Waals surface area contributed by atoms with Crippen LogP contribution in [-0.4, -0.2) is 17.3 Å². The van der Waals surface area contributed by atoms with Gasteiger partial charge in [-0.3, -0.25) is 4.79 Å². The van der Waals surface area contributed by atoms with E-state index < -0.39 is 0 Å². The van der Waals surface area contributed by atoms with Gasteiger partial charge in [0, 0.05) is 27.1 Å². The number of fused-ring (bicyclic) bond motifs is 1. The maximum absolute atomic E-state index is 11.8. The van der Waals surface area contributed by atoms with Crippen LogP contribution >= 0.6 is 0 Å². The summed E-state index contributed by atoms with van der Waals surface area (Å²) in [6.45, 7) is 1.70. The van der Waals surface area contributed by atoms with Gasteiger partial charge in [0.2, 0.25) is 0 Å². The van der Waals surface area contributed by atoms with Gasteiger partial charge in [-0.15, -0.1) is 0 Å². The van der Waals surface area contributed by atoms with E-state index in [9.17, 15) is 4.79 Å². The van der Waals surface area contributed by atoms with Crippen molar-refractivity contribution in [2.45, 2.75) is 6.92 Å². The molecule has 5 nitrogen and oxygen atoms in total. The third kappa shape index (κ3) is 1.64. The lowest BCUT2D eigenvalue weighted by atomic mass is 10.1. The Balaban J connectivity index is 2.54. The maximum Gasteiger partial charge on any atom is 0.171 e. The minimum atomic E-state index is -0.159. The molecule has 16 heavy (non-hydrogen) atoms. The number of benzene rings is 1. The summed E-state index contributed by atoms with van der Waals surface area (Å²) < 4.78 is 0. The molecule has 1 aromatic carbocycles. The lowest BCUT2D eigenvalue weighted by Gasteiger charge is -1.96. The van der Waals surface area contributed by atoms with E-state index in [1.165, 1.54) is 0 Å². The van der Waals surface area contributed by atoms with Crippen molar-refractivity contribution in [2.24, 2.45) is 5.11 Å². The molecule has 1 aromatic heterocycles. The highest BCUT2D eigenvalue weighted by Crippen LogP contribution is 2.22. The fourth-order valence-corrected chi connectivity index (χ4v) is 1.81. The molecular weight excluding hydrogens is 204 g/mol. The lowest BCUT2D eigenvalue weighted by Crippen LogP contribution is -2.03. The number of rotatable bonds is 3. The van der Waals surface area contributed by atoms with Crippen LogP contribution in [0.4, 0.5) is 0 Å². The normalized spacial score (nSPS) is 10.1. The van der Waals surface area contributed by atoms with E-state index in [0.29, 0.717) is 5.56 Å². The van der Waals surface area contributed by atoms with E-state index >= 15 is 0 Å². The van der Waals surface area contributed by atoms with Crippen molar-refractivity contribution < 1.29 is 4.79 Å². The molecule has 0 fully saturated rings. The van der Waals surface area contributed by atoms with Gasteiger partial charge in [-0.05, 0) is 18.5 Å². The second-order valence-corrected chi connectivity index (χ2v) is 3.48. The third-order valence-corrected chi connectivity index (χ3v) is 2.45. The van der Waals surface area contributed by atoms with Gasteiger partial charge in [-0.1, -0.05) is 23.3 Å². The summed E-state index contributed by atoms with van der Waals surface area (Å²) in [5.74, 6) is -0.159. The van der Waals surface area contributed by atoms with Crippen LogP contribution in [0.5, 0.6) is 0 Å². The smallest absolute Gasteiger partial charge is 0.171 e. The molecule has 0 aliphatic rings. The molecule has 5 heteroatoms. The Morgan fingerprint density at radius 3 is 3.00 bits per heavy atom. The fourth-order valence-electron chi connectivity index (χ4n) is 1.81.